The van der Waals surface area contributed by atoms with Crippen molar-refractivity contribution in [1.82, 2.24) is 14.8 Å². The average Bonchev–Trinajstić information content (AvgIpc) is 3.11. The summed E-state index contributed by atoms with van der Waals surface area (Å²) in [5.41, 5.74) is 1.66. The summed E-state index contributed by atoms with van der Waals surface area (Å²) in [7, 11) is 1.65. The summed E-state index contributed by atoms with van der Waals surface area (Å²) in [4.78, 5) is 39.5. The number of methoxy groups -OCH3 is 1. The summed E-state index contributed by atoms with van der Waals surface area (Å²) < 4.78 is 7.15. The maximum Gasteiger partial charge on any atom is 0.325 e. The van der Waals surface area contributed by atoms with Gasteiger partial charge in [-0.3, -0.25) is 14.5 Å². The van der Waals surface area contributed by atoms with Crippen LogP contribution in [0.5, 0.6) is 0 Å². The van der Waals surface area contributed by atoms with Gasteiger partial charge in [0.15, 0.2) is 5.78 Å². The molecule has 30 heavy (non-hydrogen) atoms. The van der Waals surface area contributed by atoms with Gasteiger partial charge in [-0.1, -0.05) is 23.7 Å². The SMILES string of the molecule is COCCCn1c(C)cc(C(=O)CN2C(=O)NC(C)(c3ccc(Cl)cc3)C2=O)c1C. The van der Waals surface area contributed by atoms with Crippen LogP contribution in [-0.2, 0) is 21.6 Å². The standard InChI is InChI=1S/C22H26ClN3O4/c1-14-12-18(15(2)25(14)10-5-11-30-4)19(27)13-26-20(28)22(3,24-21(26)29)16-6-8-17(23)9-7-16/h6-9,12H,5,10-11,13H2,1-4H3,(H,24,29). The number of carbonyl (C=O) groups excluding carboxylic acids is 3. The van der Waals surface area contributed by atoms with Gasteiger partial charge < -0.3 is 14.6 Å². The average molecular weight is 432 g/mol. The third kappa shape index (κ3) is 4.00. The molecular formula is C22H26ClN3O4. The van der Waals surface area contributed by atoms with E-state index in [1.807, 2.05) is 13.8 Å². The first-order valence-corrected chi connectivity index (χ1v) is 10.2. The Bertz CT molecular complexity index is 983. The van der Waals surface area contributed by atoms with E-state index in [9.17, 15) is 14.4 Å². The first-order chi connectivity index (χ1) is 14.2. The van der Waals surface area contributed by atoms with E-state index in [-0.39, 0.29) is 12.3 Å². The topological polar surface area (TPSA) is 80.6 Å². The highest BCUT2D eigenvalue weighted by Gasteiger charge is 2.49. The number of benzene rings is 1. The first-order valence-electron chi connectivity index (χ1n) is 9.78. The number of halogens is 1. The van der Waals surface area contributed by atoms with Crippen molar-refractivity contribution in [2.75, 3.05) is 20.3 Å². The first kappa shape index (κ1) is 22.1. The van der Waals surface area contributed by atoms with Crippen LogP contribution in [-0.4, -0.2) is 47.4 Å². The van der Waals surface area contributed by atoms with E-state index in [2.05, 4.69) is 9.88 Å². The van der Waals surface area contributed by atoms with E-state index in [4.69, 9.17) is 16.3 Å². The molecule has 0 aliphatic carbocycles. The molecule has 160 valence electrons. The van der Waals surface area contributed by atoms with Gasteiger partial charge in [0.2, 0.25) is 0 Å². The van der Waals surface area contributed by atoms with Gasteiger partial charge in [-0.05, 0) is 51.0 Å². The number of aromatic nitrogens is 1. The molecule has 1 aromatic heterocycles. The Hall–Kier alpha value is -2.64. The van der Waals surface area contributed by atoms with E-state index in [1.165, 1.54) is 0 Å². The van der Waals surface area contributed by atoms with Crippen molar-refractivity contribution in [3.05, 3.63) is 57.9 Å². The second-order valence-electron chi connectivity index (χ2n) is 7.66. The zero-order chi connectivity index (χ0) is 22.1. The van der Waals surface area contributed by atoms with Crippen LogP contribution in [0.15, 0.2) is 30.3 Å². The normalized spacial score (nSPS) is 18.8. The summed E-state index contributed by atoms with van der Waals surface area (Å²) >= 11 is 5.93. The lowest BCUT2D eigenvalue weighted by Gasteiger charge is -2.22. The van der Waals surface area contributed by atoms with E-state index < -0.39 is 17.5 Å². The Balaban J connectivity index is 1.79. The van der Waals surface area contributed by atoms with Gasteiger partial charge in [0, 0.05) is 42.2 Å². The number of nitrogens with one attached hydrogen (secondary N) is 1. The molecule has 1 unspecified atom stereocenters. The molecule has 1 saturated heterocycles. The van der Waals surface area contributed by atoms with E-state index in [1.54, 1.807) is 44.4 Å². The van der Waals surface area contributed by atoms with E-state index >= 15 is 0 Å². The smallest absolute Gasteiger partial charge is 0.325 e. The number of nitrogens with zero attached hydrogens (tertiary/aromatic N) is 2. The van der Waals surface area contributed by atoms with Crippen molar-refractivity contribution < 1.29 is 19.1 Å². The van der Waals surface area contributed by atoms with Crippen molar-refractivity contribution in [3.63, 3.8) is 0 Å². The third-order valence-corrected chi connectivity index (χ3v) is 5.85. The van der Waals surface area contributed by atoms with Gasteiger partial charge in [0.05, 0.1) is 6.54 Å². The molecular weight excluding hydrogens is 406 g/mol. The van der Waals surface area contributed by atoms with Crippen molar-refractivity contribution in [2.45, 2.75) is 39.3 Å². The van der Waals surface area contributed by atoms with Crippen molar-refractivity contribution in [1.29, 1.82) is 0 Å². The monoisotopic (exact) mass is 431 g/mol. The Labute approximate surface area is 180 Å². The highest BCUT2D eigenvalue weighted by Crippen LogP contribution is 2.30. The molecule has 0 spiro atoms. The lowest BCUT2D eigenvalue weighted by Crippen LogP contribution is -2.41. The summed E-state index contributed by atoms with van der Waals surface area (Å²) in [6, 6.07) is 7.93. The van der Waals surface area contributed by atoms with Crippen LogP contribution >= 0.6 is 11.6 Å². The number of Topliss-reactive ketones (excluding diaryl/α,β-unsaturated/α-hetero) is 1. The second kappa shape index (κ2) is 8.62. The molecule has 0 radical (unpaired) electrons. The lowest BCUT2D eigenvalue weighted by atomic mass is 9.92. The lowest BCUT2D eigenvalue weighted by molar-refractivity contribution is -0.130. The molecule has 1 N–H and O–H groups in total. The third-order valence-electron chi connectivity index (χ3n) is 5.60. The Kier molecular flexibility index (Phi) is 6.33. The fourth-order valence-corrected chi connectivity index (χ4v) is 3.97. The molecule has 2 heterocycles. The predicted octanol–water partition coefficient (Wildman–Crippen LogP) is 3.44. The molecule has 2 aromatic rings. The minimum atomic E-state index is -1.24. The maximum atomic E-state index is 13.1. The quantitative estimate of drug-likeness (QED) is 0.394. The number of ether oxygens (including phenoxy) is 1. The molecule has 1 aliphatic rings. The predicted molar refractivity (Wildman–Crippen MR) is 114 cm³/mol. The van der Waals surface area contributed by atoms with Crippen LogP contribution in [0.1, 0.15) is 40.7 Å². The molecule has 7 nitrogen and oxygen atoms in total. The molecule has 3 amide bonds. The number of rotatable bonds is 8. The zero-order valence-corrected chi connectivity index (χ0v) is 18.4. The number of urea groups is 1. The molecule has 0 saturated carbocycles. The fraction of sp³-hybridized carbons (Fsp3) is 0.409. The van der Waals surface area contributed by atoms with Crippen LogP contribution in [0.4, 0.5) is 4.79 Å². The molecule has 0 bridgehead atoms. The number of carbonyl (C=O) groups is 3. The Morgan fingerprint density at radius 1 is 1.20 bits per heavy atom. The van der Waals surface area contributed by atoms with Gasteiger partial charge in [-0.25, -0.2) is 4.79 Å². The molecule has 1 fully saturated rings. The number of hydrogen-bond donors (Lipinski definition) is 1. The molecule has 1 aromatic carbocycles. The Morgan fingerprint density at radius 2 is 1.87 bits per heavy atom. The van der Waals surface area contributed by atoms with Gasteiger partial charge in [0.25, 0.3) is 5.91 Å². The molecule has 1 aliphatic heterocycles. The number of amides is 3. The summed E-state index contributed by atoms with van der Waals surface area (Å²) in [5, 5.41) is 3.25. The molecule has 1 atom stereocenters. The van der Waals surface area contributed by atoms with Crippen LogP contribution in [0.3, 0.4) is 0 Å². The van der Waals surface area contributed by atoms with E-state index in [0.29, 0.717) is 22.8 Å². The highest BCUT2D eigenvalue weighted by atomic mass is 35.5. The van der Waals surface area contributed by atoms with Crippen LogP contribution in [0.25, 0.3) is 0 Å². The van der Waals surface area contributed by atoms with Gasteiger partial charge in [-0.2, -0.15) is 0 Å². The minimum Gasteiger partial charge on any atom is -0.385 e. The van der Waals surface area contributed by atoms with Gasteiger partial charge in [0.1, 0.15) is 5.54 Å². The van der Waals surface area contributed by atoms with Crippen molar-refractivity contribution >= 4 is 29.3 Å². The zero-order valence-electron chi connectivity index (χ0n) is 17.6. The molecule has 3 rings (SSSR count). The van der Waals surface area contributed by atoms with Gasteiger partial charge >= 0.3 is 6.03 Å². The number of ketones is 1. The largest absolute Gasteiger partial charge is 0.385 e. The van der Waals surface area contributed by atoms with Crippen molar-refractivity contribution in [3.8, 4) is 0 Å². The second-order valence-corrected chi connectivity index (χ2v) is 8.10. The van der Waals surface area contributed by atoms with Gasteiger partial charge in [-0.15, -0.1) is 0 Å². The minimum absolute atomic E-state index is 0.273. The Morgan fingerprint density at radius 3 is 2.50 bits per heavy atom. The number of aryl methyl sites for hydroxylation is 1. The van der Waals surface area contributed by atoms with Crippen molar-refractivity contribution in [2.24, 2.45) is 0 Å². The van der Waals surface area contributed by atoms with Crippen LogP contribution < -0.4 is 5.32 Å². The summed E-state index contributed by atoms with van der Waals surface area (Å²) in [6.07, 6.45) is 0.826. The van der Waals surface area contributed by atoms with Crippen LogP contribution in [0.2, 0.25) is 5.02 Å². The molecule has 8 heteroatoms. The summed E-state index contributed by atoms with van der Waals surface area (Å²) in [6.45, 7) is 6.49. The van der Waals surface area contributed by atoms with E-state index in [0.717, 1.165) is 29.3 Å². The highest BCUT2D eigenvalue weighted by molar-refractivity contribution is 6.30. The number of imide groups is 1. The summed E-state index contributed by atoms with van der Waals surface area (Å²) in [5.74, 6) is -0.734. The van der Waals surface area contributed by atoms with Crippen LogP contribution in [0, 0.1) is 13.8 Å². The maximum absolute atomic E-state index is 13.1. The number of hydrogen-bond acceptors (Lipinski definition) is 4. The fourth-order valence-electron chi connectivity index (χ4n) is 3.84.